The third-order valence-electron chi connectivity index (χ3n) is 5.49. The molecule has 31 heavy (non-hydrogen) atoms. The minimum Gasteiger partial charge on any atom is -0.358 e. The molecular weight excluding hydrogens is 464 g/mol. The van der Waals surface area contributed by atoms with E-state index in [-0.39, 0.29) is 21.7 Å². The van der Waals surface area contributed by atoms with E-state index in [9.17, 15) is 12.8 Å². The zero-order valence-corrected chi connectivity index (χ0v) is 18.3. The average Bonchev–Trinajstić information content (AvgIpc) is 3.43. The second-order valence-electron chi connectivity index (χ2n) is 7.62. The number of alkyl halides is 1. The summed E-state index contributed by atoms with van der Waals surface area (Å²) in [6, 6.07) is 11.2. The van der Waals surface area contributed by atoms with Gasteiger partial charge in [-0.2, -0.15) is 4.98 Å². The first-order valence-electron chi connectivity index (χ1n) is 9.56. The van der Waals surface area contributed by atoms with Crippen LogP contribution in [-0.2, 0) is 29.1 Å². The lowest BCUT2D eigenvalue weighted by atomic mass is 10.0. The van der Waals surface area contributed by atoms with Crippen LogP contribution in [0.2, 0.25) is 10.0 Å². The van der Waals surface area contributed by atoms with E-state index in [2.05, 4.69) is 15.1 Å². The number of benzene rings is 2. The molecule has 0 spiro atoms. The highest BCUT2D eigenvalue weighted by Gasteiger charge is 2.34. The Bertz CT molecular complexity index is 1400. The summed E-state index contributed by atoms with van der Waals surface area (Å²) >= 11 is 12.0. The van der Waals surface area contributed by atoms with E-state index < -0.39 is 21.2 Å². The molecule has 1 aliphatic carbocycles. The van der Waals surface area contributed by atoms with Crippen LogP contribution in [0.15, 0.2) is 51.9 Å². The molecule has 0 saturated carbocycles. The van der Waals surface area contributed by atoms with Crippen LogP contribution in [0.4, 0.5) is 4.39 Å². The van der Waals surface area contributed by atoms with E-state index in [1.165, 1.54) is 29.8 Å². The molecule has 0 aliphatic heterocycles. The third-order valence-corrected chi connectivity index (χ3v) is 7.63. The molecule has 160 valence electrons. The Hall–Kier alpha value is -2.42. The molecule has 2 aromatic heterocycles. The van der Waals surface area contributed by atoms with Crippen LogP contribution in [0.1, 0.15) is 28.5 Å². The molecule has 5 rings (SSSR count). The Morgan fingerprint density at radius 1 is 1.16 bits per heavy atom. The molecule has 6 nitrogen and oxygen atoms in total. The van der Waals surface area contributed by atoms with Gasteiger partial charge in [-0.1, -0.05) is 34.4 Å². The SMILES string of the molecule is O=S(=O)(c1cccc(Cl)c1)C(F)c1noc(CC2Cc3[nH]c4ccc(Cl)cc4c3C2)n1. The van der Waals surface area contributed by atoms with E-state index in [1.54, 1.807) is 0 Å². The molecular formula is C21H16Cl2FN3O3S. The molecule has 1 N–H and O–H groups in total. The van der Waals surface area contributed by atoms with E-state index >= 15 is 0 Å². The normalized spacial score (nSPS) is 17.2. The number of nitrogens with one attached hydrogen (secondary N) is 1. The molecule has 2 unspecified atom stereocenters. The fourth-order valence-electron chi connectivity index (χ4n) is 4.07. The summed E-state index contributed by atoms with van der Waals surface area (Å²) in [5.74, 6) is -0.124. The Kier molecular flexibility index (Phi) is 5.03. The zero-order chi connectivity index (χ0) is 21.8. The quantitative estimate of drug-likeness (QED) is 0.421. The molecule has 0 bridgehead atoms. The summed E-state index contributed by atoms with van der Waals surface area (Å²) in [5, 5.41) is 5.53. The van der Waals surface area contributed by atoms with Crippen LogP contribution >= 0.6 is 23.2 Å². The molecule has 0 amide bonds. The fraction of sp³-hybridized carbons (Fsp3) is 0.238. The van der Waals surface area contributed by atoms with Crippen molar-refractivity contribution in [3.8, 4) is 0 Å². The summed E-state index contributed by atoms with van der Waals surface area (Å²) in [4.78, 5) is 7.19. The maximum Gasteiger partial charge on any atom is 0.267 e. The zero-order valence-electron chi connectivity index (χ0n) is 16.0. The molecule has 0 saturated heterocycles. The van der Waals surface area contributed by atoms with Gasteiger partial charge >= 0.3 is 0 Å². The summed E-state index contributed by atoms with van der Waals surface area (Å²) in [6.45, 7) is 0. The molecule has 4 aromatic rings. The number of fused-ring (bicyclic) bond motifs is 3. The van der Waals surface area contributed by atoms with Gasteiger partial charge in [0.1, 0.15) is 0 Å². The maximum absolute atomic E-state index is 14.8. The summed E-state index contributed by atoms with van der Waals surface area (Å²) in [5.41, 5.74) is 0.938. The van der Waals surface area contributed by atoms with Crippen molar-refractivity contribution in [2.45, 2.75) is 29.7 Å². The largest absolute Gasteiger partial charge is 0.358 e. The highest BCUT2D eigenvalue weighted by Crippen LogP contribution is 2.36. The summed E-state index contributed by atoms with van der Waals surface area (Å²) in [6.07, 6.45) is 1.98. The molecule has 1 aliphatic rings. The third kappa shape index (κ3) is 3.73. The molecule has 10 heteroatoms. The van der Waals surface area contributed by atoms with Gasteiger partial charge in [0.15, 0.2) is 0 Å². The average molecular weight is 480 g/mol. The lowest BCUT2D eigenvalue weighted by Gasteiger charge is -2.07. The van der Waals surface area contributed by atoms with Crippen molar-refractivity contribution >= 4 is 43.9 Å². The van der Waals surface area contributed by atoms with Gasteiger partial charge in [-0.05, 0) is 60.7 Å². The number of hydrogen-bond donors (Lipinski definition) is 1. The lowest BCUT2D eigenvalue weighted by Crippen LogP contribution is -2.11. The fourth-order valence-corrected chi connectivity index (χ4v) is 5.67. The van der Waals surface area contributed by atoms with Crippen molar-refractivity contribution < 1.29 is 17.3 Å². The number of aromatic nitrogens is 3. The molecule has 0 fully saturated rings. The van der Waals surface area contributed by atoms with Gasteiger partial charge in [0.25, 0.3) is 5.50 Å². The molecule has 0 radical (unpaired) electrons. The number of aromatic amines is 1. The van der Waals surface area contributed by atoms with Gasteiger partial charge < -0.3 is 9.51 Å². The first kappa shape index (κ1) is 20.5. The molecule has 2 atom stereocenters. The first-order valence-corrected chi connectivity index (χ1v) is 11.9. The van der Waals surface area contributed by atoms with Crippen molar-refractivity contribution in [1.29, 1.82) is 0 Å². The maximum atomic E-state index is 14.8. The number of H-pyrrole nitrogens is 1. The predicted octanol–water partition coefficient (Wildman–Crippen LogP) is 5.26. The van der Waals surface area contributed by atoms with Gasteiger partial charge in [-0.25, -0.2) is 12.8 Å². The van der Waals surface area contributed by atoms with Crippen molar-refractivity contribution in [3.63, 3.8) is 0 Å². The van der Waals surface area contributed by atoms with Crippen LogP contribution in [0.3, 0.4) is 0 Å². The van der Waals surface area contributed by atoms with Crippen LogP contribution in [0, 0.1) is 5.92 Å². The number of nitrogens with zero attached hydrogens (tertiary/aromatic N) is 2. The van der Waals surface area contributed by atoms with Crippen molar-refractivity contribution in [1.82, 2.24) is 15.1 Å². The predicted molar refractivity (Wildman–Crippen MR) is 115 cm³/mol. The van der Waals surface area contributed by atoms with Crippen molar-refractivity contribution in [2.75, 3.05) is 0 Å². The Labute approximate surface area is 187 Å². The van der Waals surface area contributed by atoms with Crippen molar-refractivity contribution in [3.05, 3.63) is 75.5 Å². The summed E-state index contributed by atoms with van der Waals surface area (Å²) < 4.78 is 45.0. The lowest BCUT2D eigenvalue weighted by molar-refractivity contribution is 0.339. The monoisotopic (exact) mass is 479 g/mol. The second kappa shape index (κ2) is 7.62. The number of hydrogen-bond acceptors (Lipinski definition) is 5. The van der Waals surface area contributed by atoms with Crippen LogP contribution in [0.25, 0.3) is 10.9 Å². The number of rotatable bonds is 5. The second-order valence-corrected chi connectivity index (χ2v) is 10.5. The molecule has 2 aromatic carbocycles. The van der Waals surface area contributed by atoms with Gasteiger partial charge in [0, 0.05) is 33.1 Å². The van der Waals surface area contributed by atoms with E-state index in [4.69, 9.17) is 27.7 Å². The Balaban J connectivity index is 1.32. The van der Waals surface area contributed by atoms with Crippen LogP contribution in [0.5, 0.6) is 0 Å². The highest BCUT2D eigenvalue weighted by molar-refractivity contribution is 7.91. The highest BCUT2D eigenvalue weighted by atomic mass is 35.5. The van der Waals surface area contributed by atoms with Gasteiger partial charge in [-0.15, -0.1) is 0 Å². The minimum atomic E-state index is -4.35. The first-order chi connectivity index (χ1) is 14.8. The standard InChI is InChI=1S/C21H16Cl2FN3O3S/c22-12-2-1-3-14(9-12)31(28,29)20(24)21-26-19(30-27-21)8-11-6-15-16-10-13(23)4-5-17(16)25-18(15)7-11/h1-5,9-11,20,25H,6-8H2. The number of sulfone groups is 1. The van der Waals surface area contributed by atoms with Crippen LogP contribution in [-0.4, -0.2) is 23.5 Å². The van der Waals surface area contributed by atoms with Gasteiger partial charge in [0.05, 0.1) is 4.90 Å². The summed E-state index contributed by atoms with van der Waals surface area (Å²) in [7, 11) is -4.35. The minimum absolute atomic E-state index is 0.181. The Morgan fingerprint density at radius 2 is 1.97 bits per heavy atom. The van der Waals surface area contributed by atoms with Gasteiger partial charge in [0.2, 0.25) is 21.6 Å². The molecule has 2 heterocycles. The van der Waals surface area contributed by atoms with Crippen molar-refractivity contribution in [2.24, 2.45) is 5.92 Å². The topological polar surface area (TPSA) is 88.9 Å². The van der Waals surface area contributed by atoms with E-state index in [0.29, 0.717) is 11.4 Å². The van der Waals surface area contributed by atoms with Crippen LogP contribution < -0.4 is 0 Å². The number of halogens is 3. The smallest absolute Gasteiger partial charge is 0.267 e. The Morgan fingerprint density at radius 3 is 2.77 bits per heavy atom. The van der Waals surface area contributed by atoms with E-state index in [0.717, 1.165) is 29.4 Å². The van der Waals surface area contributed by atoms with Gasteiger partial charge in [-0.3, -0.25) is 0 Å². The van der Waals surface area contributed by atoms with E-state index in [1.807, 2.05) is 18.2 Å².